The molecule has 0 atom stereocenters. The first-order valence-corrected chi connectivity index (χ1v) is 8.40. The molecule has 0 aromatic heterocycles. The number of ether oxygens (including phenoxy) is 1. The van der Waals surface area contributed by atoms with Crippen molar-refractivity contribution in [3.05, 3.63) is 35.1 Å². The number of hydrogen-bond acceptors (Lipinski definition) is 3. The van der Waals surface area contributed by atoms with E-state index in [2.05, 4.69) is 20.4 Å². The minimum Gasteiger partial charge on any atom is -0.469 e. The number of nitrogens with zero attached hydrogens (tertiary/aromatic N) is 1. The van der Waals surface area contributed by atoms with Crippen molar-refractivity contribution in [2.24, 2.45) is 4.99 Å². The molecule has 0 aliphatic rings. The number of carbonyl (C=O) groups is 1. The van der Waals surface area contributed by atoms with Gasteiger partial charge >= 0.3 is 5.97 Å². The van der Waals surface area contributed by atoms with Gasteiger partial charge in [0.05, 0.1) is 7.11 Å². The van der Waals surface area contributed by atoms with Crippen LogP contribution in [0.25, 0.3) is 0 Å². The third-order valence-corrected chi connectivity index (χ3v) is 3.62. The third kappa shape index (κ3) is 7.94. The summed E-state index contributed by atoms with van der Waals surface area (Å²) in [6.07, 6.45) is 2.84. The molecule has 0 bridgehead atoms. The molecule has 5 nitrogen and oxygen atoms in total. The van der Waals surface area contributed by atoms with E-state index in [1.165, 1.54) is 13.2 Å². The Morgan fingerprint density at radius 1 is 1.29 bits per heavy atom. The van der Waals surface area contributed by atoms with Gasteiger partial charge in [0, 0.05) is 26.1 Å². The van der Waals surface area contributed by atoms with E-state index in [0.29, 0.717) is 13.0 Å². The number of nitrogens with one attached hydrogen (secondary N) is 2. The average Bonchev–Trinajstić information content (AvgIpc) is 2.56. The number of methoxy groups -OCH3 is 1. The molecule has 0 spiro atoms. The van der Waals surface area contributed by atoms with Crippen LogP contribution < -0.4 is 10.6 Å². The minimum atomic E-state index is -0.203. The lowest BCUT2D eigenvalue weighted by Gasteiger charge is -2.12. The van der Waals surface area contributed by atoms with Gasteiger partial charge in [0.1, 0.15) is 5.82 Å². The van der Waals surface area contributed by atoms with E-state index in [1.54, 1.807) is 6.07 Å². The fourth-order valence-corrected chi connectivity index (χ4v) is 2.27. The van der Waals surface area contributed by atoms with Crippen LogP contribution in [0.3, 0.4) is 0 Å². The van der Waals surface area contributed by atoms with Crippen LogP contribution in [-0.2, 0) is 16.0 Å². The van der Waals surface area contributed by atoms with E-state index in [-0.39, 0.29) is 11.8 Å². The van der Waals surface area contributed by atoms with Crippen molar-refractivity contribution in [2.45, 2.75) is 39.5 Å². The molecule has 0 fully saturated rings. The van der Waals surface area contributed by atoms with E-state index >= 15 is 0 Å². The summed E-state index contributed by atoms with van der Waals surface area (Å²) >= 11 is 0. The van der Waals surface area contributed by atoms with Crippen molar-refractivity contribution in [1.82, 2.24) is 10.6 Å². The van der Waals surface area contributed by atoms with Crippen LogP contribution in [0, 0.1) is 12.7 Å². The molecule has 24 heavy (non-hydrogen) atoms. The summed E-state index contributed by atoms with van der Waals surface area (Å²) in [4.78, 5) is 15.5. The molecule has 0 heterocycles. The quantitative estimate of drug-likeness (QED) is 0.315. The van der Waals surface area contributed by atoms with E-state index in [4.69, 9.17) is 0 Å². The molecular weight excluding hydrogens is 309 g/mol. The van der Waals surface area contributed by atoms with Crippen molar-refractivity contribution in [3.63, 3.8) is 0 Å². The molecule has 0 saturated carbocycles. The number of halogens is 1. The maximum atomic E-state index is 13.1. The summed E-state index contributed by atoms with van der Waals surface area (Å²) in [5, 5.41) is 6.47. The fraction of sp³-hybridized carbons (Fsp3) is 0.556. The van der Waals surface area contributed by atoms with E-state index in [0.717, 1.165) is 49.4 Å². The van der Waals surface area contributed by atoms with Gasteiger partial charge in [0.25, 0.3) is 0 Å². The van der Waals surface area contributed by atoms with Crippen molar-refractivity contribution in [3.8, 4) is 0 Å². The molecule has 1 aromatic carbocycles. The smallest absolute Gasteiger partial charge is 0.305 e. The number of hydrogen-bond donors (Lipinski definition) is 2. The lowest BCUT2D eigenvalue weighted by atomic mass is 10.1. The van der Waals surface area contributed by atoms with E-state index < -0.39 is 0 Å². The fourth-order valence-electron chi connectivity index (χ4n) is 2.27. The second-order valence-electron chi connectivity index (χ2n) is 5.54. The second kappa shape index (κ2) is 11.4. The van der Waals surface area contributed by atoms with Gasteiger partial charge in [-0.2, -0.15) is 0 Å². The summed E-state index contributed by atoms with van der Waals surface area (Å²) in [7, 11) is 1.40. The Balaban J connectivity index is 2.36. The van der Waals surface area contributed by atoms with Gasteiger partial charge in [0.15, 0.2) is 5.96 Å². The SMILES string of the molecule is CCNC(=NCCCCC(=O)OC)NCCc1ccc(F)cc1C. The molecule has 0 aliphatic heterocycles. The molecule has 0 aliphatic carbocycles. The Labute approximate surface area is 143 Å². The van der Waals surface area contributed by atoms with E-state index in [9.17, 15) is 9.18 Å². The number of aryl methyl sites for hydroxylation is 1. The molecule has 2 N–H and O–H groups in total. The highest BCUT2D eigenvalue weighted by Crippen LogP contribution is 2.10. The van der Waals surface area contributed by atoms with Gasteiger partial charge in [-0.05, 0) is 56.4 Å². The summed E-state index contributed by atoms with van der Waals surface area (Å²) in [5.74, 6) is 0.375. The van der Waals surface area contributed by atoms with Crippen LogP contribution in [0.4, 0.5) is 4.39 Å². The highest BCUT2D eigenvalue weighted by atomic mass is 19.1. The van der Waals surface area contributed by atoms with Crippen LogP contribution in [-0.4, -0.2) is 38.7 Å². The van der Waals surface area contributed by atoms with Gasteiger partial charge in [-0.15, -0.1) is 0 Å². The molecule has 134 valence electrons. The normalized spacial score (nSPS) is 11.2. The molecule has 0 radical (unpaired) electrons. The number of guanidine groups is 1. The predicted octanol–water partition coefficient (Wildman–Crippen LogP) is 2.58. The summed E-state index contributed by atoms with van der Waals surface area (Å²) in [6.45, 7) is 6.09. The largest absolute Gasteiger partial charge is 0.469 e. The van der Waals surface area contributed by atoms with Crippen LogP contribution in [0.2, 0.25) is 0 Å². The Hall–Kier alpha value is -2.11. The van der Waals surface area contributed by atoms with Crippen LogP contribution in [0.5, 0.6) is 0 Å². The molecule has 0 unspecified atom stereocenters. The number of aliphatic imine (C=N–C) groups is 1. The highest BCUT2D eigenvalue weighted by molar-refractivity contribution is 5.79. The van der Waals surface area contributed by atoms with Crippen molar-refractivity contribution in [1.29, 1.82) is 0 Å². The molecule has 6 heteroatoms. The lowest BCUT2D eigenvalue weighted by molar-refractivity contribution is -0.140. The van der Waals surface area contributed by atoms with Crippen molar-refractivity contribution >= 4 is 11.9 Å². The Kier molecular flexibility index (Phi) is 9.49. The number of unbranched alkanes of at least 4 members (excludes halogenated alkanes) is 1. The molecular formula is C18H28FN3O2. The molecule has 0 saturated heterocycles. The second-order valence-corrected chi connectivity index (χ2v) is 5.54. The monoisotopic (exact) mass is 337 g/mol. The Bertz CT molecular complexity index is 547. The van der Waals surface area contributed by atoms with Gasteiger partial charge in [0.2, 0.25) is 0 Å². The number of rotatable bonds is 9. The third-order valence-electron chi connectivity index (χ3n) is 3.62. The predicted molar refractivity (Wildman–Crippen MR) is 94.7 cm³/mol. The minimum absolute atomic E-state index is 0.182. The first-order valence-electron chi connectivity index (χ1n) is 8.40. The topological polar surface area (TPSA) is 62.7 Å². The zero-order valence-electron chi connectivity index (χ0n) is 14.8. The number of benzene rings is 1. The number of carbonyl (C=O) groups excluding carboxylic acids is 1. The Morgan fingerprint density at radius 3 is 2.75 bits per heavy atom. The number of esters is 1. The maximum absolute atomic E-state index is 13.1. The standard InChI is InChI=1S/C18H28FN3O2/c1-4-20-18(21-11-6-5-7-17(23)24-3)22-12-10-15-8-9-16(19)13-14(15)2/h8-9,13H,4-7,10-12H2,1-3H3,(H2,20,21,22). The zero-order chi connectivity index (χ0) is 17.8. The van der Waals surface area contributed by atoms with Gasteiger partial charge in [-0.25, -0.2) is 4.39 Å². The molecule has 1 rings (SSSR count). The van der Waals surface area contributed by atoms with Gasteiger partial charge in [-0.3, -0.25) is 9.79 Å². The first kappa shape index (κ1) is 19.9. The summed E-state index contributed by atoms with van der Waals surface area (Å²) in [6, 6.07) is 4.86. The lowest BCUT2D eigenvalue weighted by Crippen LogP contribution is -2.38. The zero-order valence-corrected chi connectivity index (χ0v) is 14.8. The van der Waals surface area contributed by atoms with Gasteiger partial charge in [-0.1, -0.05) is 6.07 Å². The Morgan fingerprint density at radius 2 is 2.08 bits per heavy atom. The average molecular weight is 337 g/mol. The van der Waals surface area contributed by atoms with Crippen LogP contribution in [0.1, 0.15) is 37.3 Å². The summed E-state index contributed by atoms with van der Waals surface area (Å²) in [5.41, 5.74) is 2.08. The highest BCUT2D eigenvalue weighted by Gasteiger charge is 2.02. The van der Waals surface area contributed by atoms with Crippen LogP contribution >= 0.6 is 0 Å². The van der Waals surface area contributed by atoms with E-state index in [1.807, 2.05) is 19.9 Å². The van der Waals surface area contributed by atoms with Crippen molar-refractivity contribution in [2.75, 3.05) is 26.7 Å². The maximum Gasteiger partial charge on any atom is 0.305 e. The first-order chi connectivity index (χ1) is 11.6. The van der Waals surface area contributed by atoms with Gasteiger partial charge < -0.3 is 15.4 Å². The summed E-state index contributed by atoms with van der Waals surface area (Å²) < 4.78 is 17.7. The van der Waals surface area contributed by atoms with Crippen LogP contribution in [0.15, 0.2) is 23.2 Å². The molecule has 1 aromatic rings. The van der Waals surface area contributed by atoms with Crippen molar-refractivity contribution < 1.29 is 13.9 Å². The molecule has 0 amide bonds.